The molecule has 0 atom stereocenters. The minimum atomic E-state index is 0. The summed E-state index contributed by atoms with van der Waals surface area (Å²) in [4.78, 5) is 3.96. The number of halogens is 3. The fraction of sp³-hybridized carbons (Fsp3) is 0.375. The smallest absolute Gasteiger partial charge is 0.138 e. The van der Waals surface area contributed by atoms with E-state index in [9.17, 15) is 0 Å². The summed E-state index contributed by atoms with van der Waals surface area (Å²) in [6, 6.07) is 1.88. The van der Waals surface area contributed by atoms with E-state index in [0.29, 0.717) is 13.2 Å². The predicted molar refractivity (Wildman–Crippen MR) is 65.6 cm³/mol. The number of ether oxygens (including phenoxy) is 1. The second kappa shape index (κ2) is 9.52. The highest BCUT2D eigenvalue weighted by atomic mass is 79.9. The molecule has 1 rings (SSSR count). The van der Waals surface area contributed by atoms with Crippen molar-refractivity contribution in [3.05, 3.63) is 22.9 Å². The van der Waals surface area contributed by atoms with Crippen molar-refractivity contribution >= 4 is 40.7 Å². The van der Waals surface area contributed by atoms with Gasteiger partial charge in [-0.3, -0.25) is 4.98 Å². The standard InChI is InChI=1S/C8H11BrN2O.2ClH/c9-7-4-8(6-11-5-7)12-3-1-2-10;;/h4-6H,1-3,10H2;2*1H. The molecule has 3 nitrogen and oxygen atoms in total. The highest BCUT2D eigenvalue weighted by Gasteiger charge is 1.93. The summed E-state index contributed by atoms with van der Waals surface area (Å²) in [7, 11) is 0. The van der Waals surface area contributed by atoms with Gasteiger partial charge < -0.3 is 10.5 Å². The van der Waals surface area contributed by atoms with E-state index < -0.39 is 0 Å². The van der Waals surface area contributed by atoms with Crippen LogP contribution in [0, 0.1) is 0 Å². The molecular weight excluding hydrogens is 291 g/mol. The second-order valence-corrected chi connectivity index (χ2v) is 3.25. The van der Waals surface area contributed by atoms with Crippen LogP contribution in [0.4, 0.5) is 0 Å². The lowest BCUT2D eigenvalue weighted by molar-refractivity contribution is 0.312. The first-order valence-electron chi connectivity index (χ1n) is 3.76. The zero-order valence-electron chi connectivity index (χ0n) is 7.48. The van der Waals surface area contributed by atoms with Gasteiger partial charge in [0.2, 0.25) is 0 Å². The highest BCUT2D eigenvalue weighted by Crippen LogP contribution is 2.15. The van der Waals surface area contributed by atoms with Gasteiger partial charge in [0.1, 0.15) is 5.75 Å². The van der Waals surface area contributed by atoms with Crippen molar-refractivity contribution in [1.82, 2.24) is 4.98 Å². The molecule has 0 aromatic carbocycles. The quantitative estimate of drug-likeness (QED) is 0.869. The number of nitrogens with zero attached hydrogens (tertiary/aromatic N) is 1. The Morgan fingerprint density at radius 1 is 1.36 bits per heavy atom. The first-order chi connectivity index (χ1) is 5.83. The van der Waals surface area contributed by atoms with E-state index >= 15 is 0 Å². The third-order valence-electron chi connectivity index (χ3n) is 1.30. The van der Waals surface area contributed by atoms with Gasteiger partial charge >= 0.3 is 0 Å². The van der Waals surface area contributed by atoms with Crippen molar-refractivity contribution in [2.75, 3.05) is 13.2 Å². The van der Waals surface area contributed by atoms with E-state index in [0.717, 1.165) is 16.6 Å². The Morgan fingerprint density at radius 2 is 2.07 bits per heavy atom. The molecule has 82 valence electrons. The van der Waals surface area contributed by atoms with Crippen molar-refractivity contribution in [3.63, 3.8) is 0 Å². The molecule has 1 aromatic heterocycles. The normalized spacial score (nSPS) is 8.43. The van der Waals surface area contributed by atoms with Crippen molar-refractivity contribution in [2.45, 2.75) is 6.42 Å². The summed E-state index contributed by atoms with van der Waals surface area (Å²) in [6.45, 7) is 1.30. The molecule has 1 aromatic rings. The summed E-state index contributed by atoms with van der Waals surface area (Å²) in [5.74, 6) is 0.776. The number of hydrogen-bond acceptors (Lipinski definition) is 3. The van der Waals surface area contributed by atoms with Crippen molar-refractivity contribution < 1.29 is 4.74 Å². The fourth-order valence-corrected chi connectivity index (χ4v) is 1.09. The van der Waals surface area contributed by atoms with Gasteiger partial charge in [0.15, 0.2) is 0 Å². The Bertz CT molecular complexity index is 251. The van der Waals surface area contributed by atoms with Gasteiger partial charge in [-0.2, -0.15) is 0 Å². The number of rotatable bonds is 4. The molecule has 14 heavy (non-hydrogen) atoms. The number of aromatic nitrogens is 1. The van der Waals surface area contributed by atoms with E-state index in [1.54, 1.807) is 12.4 Å². The monoisotopic (exact) mass is 302 g/mol. The lowest BCUT2D eigenvalue weighted by atomic mass is 10.4. The lowest BCUT2D eigenvalue weighted by Gasteiger charge is -2.03. The largest absolute Gasteiger partial charge is 0.492 e. The molecule has 2 N–H and O–H groups in total. The summed E-state index contributed by atoms with van der Waals surface area (Å²) < 4.78 is 6.28. The van der Waals surface area contributed by atoms with E-state index in [1.165, 1.54) is 0 Å². The first kappa shape index (κ1) is 16.4. The van der Waals surface area contributed by atoms with Crippen LogP contribution in [0.15, 0.2) is 22.9 Å². The van der Waals surface area contributed by atoms with Crippen molar-refractivity contribution in [1.29, 1.82) is 0 Å². The van der Waals surface area contributed by atoms with Gasteiger partial charge in [-0.25, -0.2) is 0 Å². The molecule has 0 saturated heterocycles. The molecule has 0 amide bonds. The van der Waals surface area contributed by atoms with Crippen LogP contribution in [0.2, 0.25) is 0 Å². The van der Waals surface area contributed by atoms with Crippen LogP contribution in [0.5, 0.6) is 5.75 Å². The maximum atomic E-state index is 5.35. The van der Waals surface area contributed by atoms with Crippen LogP contribution in [0.3, 0.4) is 0 Å². The molecule has 6 heteroatoms. The van der Waals surface area contributed by atoms with E-state index in [-0.39, 0.29) is 24.8 Å². The summed E-state index contributed by atoms with van der Waals surface area (Å²) in [6.07, 6.45) is 4.27. The SMILES string of the molecule is Cl.Cl.NCCCOc1cncc(Br)c1. The third-order valence-corrected chi connectivity index (χ3v) is 1.73. The predicted octanol–water partition coefficient (Wildman–Crippen LogP) is 2.42. The molecule has 0 aliphatic rings. The number of pyridine rings is 1. The van der Waals surface area contributed by atoms with Crippen LogP contribution < -0.4 is 10.5 Å². The minimum absolute atomic E-state index is 0. The zero-order chi connectivity index (χ0) is 8.81. The Morgan fingerprint density at radius 3 is 2.64 bits per heavy atom. The number of hydrogen-bond donors (Lipinski definition) is 1. The van der Waals surface area contributed by atoms with Gasteiger partial charge in [0.05, 0.1) is 12.8 Å². The molecule has 0 aliphatic heterocycles. The average Bonchev–Trinajstić information content (AvgIpc) is 2.05. The van der Waals surface area contributed by atoms with E-state index in [1.807, 2.05) is 6.07 Å². The topological polar surface area (TPSA) is 48.1 Å². The van der Waals surface area contributed by atoms with Crippen LogP contribution in [-0.2, 0) is 0 Å². The Labute approximate surface area is 104 Å². The van der Waals surface area contributed by atoms with Gasteiger partial charge in [0, 0.05) is 10.7 Å². The van der Waals surface area contributed by atoms with Gasteiger partial charge in [-0.1, -0.05) is 0 Å². The van der Waals surface area contributed by atoms with E-state index in [2.05, 4.69) is 20.9 Å². The average molecular weight is 304 g/mol. The Hall–Kier alpha value is -0.0300. The molecule has 0 bridgehead atoms. The molecule has 0 spiro atoms. The zero-order valence-corrected chi connectivity index (χ0v) is 10.7. The molecule has 0 radical (unpaired) electrons. The lowest BCUT2D eigenvalue weighted by Crippen LogP contribution is -2.06. The Kier molecular flexibility index (Phi) is 11.2. The summed E-state index contributed by atoms with van der Waals surface area (Å²) in [5.41, 5.74) is 5.32. The molecule has 0 unspecified atom stereocenters. The van der Waals surface area contributed by atoms with Gasteiger partial charge in [-0.05, 0) is 35.0 Å². The minimum Gasteiger partial charge on any atom is -0.492 e. The van der Waals surface area contributed by atoms with Crippen LogP contribution in [0.1, 0.15) is 6.42 Å². The van der Waals surface area contributed by atoms with Crippen LogP contribution in [-0.4, -0.2) is 18.1 Å². The third kappa shape index (κ3) is 6.43. The second-order valence-electron chi connectivity index (χ2n) is 2.33. The first-order valence-corrected chi connectivity index (χ1v) is 4.55. The maximum absolute atomic E-state index is 5.35. The molecule has 0 saturated carbocycles. The van der Waals surface area contributed by atoms with Crippen LogP contribution >= 0.6 is 40.7 Å². The van der Waals surface area contributed by atoms with E-state index in [4.69, 9.17) is 10.5 Å². The number of nitrogens with two attached hydrogens (primary N) is 1. The van der Waals surface area contributed by atoms with Crippen LogP contribution in [0.25, 0.3) is 0 Å². The molecule has 0 fully saturated rings. The Balaban J connectivity index is 0. The van der Waals surface area contributed by atoms with Gasteiger partial charge in [-0.15, -0.1) is 24.8 Å². The maximum Gasteiger partial charge on any atom is 0.138 e. The van der Waals surface area contributed by atoms with Crippen molar-refractivity contribution in [2.24, 2.45) is 5.73 Å². The fourth-order valence-electron chi connectivity index (χ4n) is 0.745. The van der Waals surface area contributed by atoms with Crippen molar-refractivity contribution in [3.8, 4) is 5.75 Å². The summed E-state index contributed by atoms with van der Waals surface area (Å²) >= 11 is 3.30. The molecule has 1 heterocycles. The van der Waals surface area contributed by atoms with Gasteiger partial charge in [0.25, 0.3) is 0 Å². The summed E-state index contributed by atoms with van der Waals surface area (Å²) in [5, 5.41) is 0. The molecular formula is C8H13BrCl2N2O. The molecule has 0 aliphatic carbocycles. The highest BCUT2D eigenvalue weighted by molar-refractivity contribution is 9.10.